The molecule has 39 heavy (non-hydrogen) atoms. The van der Waals surface area contributed by atoms with Crippen LogP contribution in [0.15, 0.2) is 96.6 Å². The Morgan fingerprint density at radius 2 is 1.54 bits per heavy atom. The molecule has 1 saturated heterocycles. The van der Waals surface area contributed by atoms with Crippen molar-refractivity contribution in [2.75, 3.05) is 11.5 Å². The minimum atomic E-state index is -0.829. The molecule has 0 bridgehead atoms. The number of rotatable bonds is 6. The topological polar surface area (TPSA) is 66.8 Å². The number of amides is 1. The van der Waals surface area contributed by atoms with Gasteiger partial charge >= 0.3 is 0 Å². The highest BCUT2D eigenvalue weighted by molar-refractivity contribution is 6.52. The van der Waals surface area contributed by atoms with Gasteiger partial charge in [-0.3, -0.25) is 14.5 Å². The summed E-state index contributed by atoms with van der Waals surface area (Å²) in [6, 6.07) is 27.6. The molecular formula is C34H33NO4. The van der Waals surface area contributed by atoms with Gasteiger partial charge in [-0.2, -0.15) is 0 Å². The molecule has 0 aromatic heterocycles. The number of carbonyl (C=O) groups is 2. The summed E-state index contributed by atoms with van der Waals surface area (Å²) < 4.78 is 5.98. The number of ether oxygens (including phenoxy) is 1. The number of hydrogen-bond acceptors (Lipinski definition) is 4. The molecule has 5 heteroatoms. The van der Waals surface area contributed by atoms with E-state index < -0.39 is 17.7 Å². The molecule has 0 radical (unpaired) electrons. The lowest BCUT2D eigenvalue weighted by Crippen LogP contribution is -2.30. The fraction of sp³-hybridized carbons (Fsp3) is 0.235. The predicted octanol–water partition coefficient (Wildman–Crippen LogP) is 7.55. The van der Waals surface area contributed by atoms with E-state index in [0.717, 1.165) is 28.3 Å². The Morgan fingerprint density at radius 3 is 2.26 bits per heavy atom. The van der Waals surface area contributed by atoms with E-state index in [1.165, 1.54) is 4.90 Å². The summed E-state index contributed by atoms with van der Waals surface area (Å²) in [6.45, 7) is 8.89. The van der Waals surface area contributed by atoms with Gasteiger partial charge < -0.3 is 9.84 Å². The molecule has 1 aliphatic heterocycles. The average Bonchev–Trinajstić information content (AvgIpc) is 3.20. The van der Waals surface area contributed by atoms with Gasteiger partial charge in [-0.05, 0) is 45.9 Å². The third-order valence-electron chi connectivity index (χ3n) is 7.17. The van der Waals surface area contributed by atoms with Crippen molar-refractivity contribution in [2.24, 2.45) is 0 Å². The Labute approximate surface area is 229 Å². The molecule has 0 aliphatic carbocycles. The van der Waals surface area contributed by atoms with Gasteiger partial charge in [0.2, 0.25) is 0 Å². The second-order valence-corrected chi connectivity index (χ2v) is 10.9. The van der Waals surface area contributed by atoms with Crippen molar-refractivity contribution < 1.29 is 19.4 Å². The number of hydrogen-bond donors (Lipinski definition) is 1. The van der Waals surface area contributed by atoms with E-state index in [4.69, 9.17) is 4.74 Å². The molecule has 1 fully saturated rings. The lowest BCUT2D eigenvalue weighted by Gasteiger charge is -2.28. The summed E-state index contributed by atoms with van der Waals surface area (Å²) in [4.78, 5) is 28.9. The lowest BCUT2D eigenvalue weighted by atomic mass is 9.85. The third kappa shape index (κ3) is 4.81. The van der Waals surface area contributed by atoms with E-state index in [-0.39, 0.29) is 16.7 Å². The number of ketones is 1. The SMILES string of the molecule is CCCOc1ccccc1N1C(=O)C(=O)/C(=C(\O)c2cccc3ccccc23)C1c1ccc(C(C)(C)C)cc1. The van der Waals surface area contributed by atoms with Gasteiger partial charge in [0.1, 0.15) is 11.5 Å². The maximum absolute atomic E-state index is 13.7. The molecule has 4 aromatic carbocycles. The Kier molecular flexibility index (Phi) is 7.00. The van der Waals surface area contributed by atoms with Crippen LogP contribution in [-0.2, 0) is 15.0 Å². The molecule has 5 nitrogen and oxygen atoms in total. The summed E-state index contributed by atoms with van der Waals surface area (Å²) in [6.07, 6.45) is 0.798. The highest BCUT2D eigenvalue weighted by atomic mass is 16.5. The van der Waals surface area contributed by atoms with Gasteiger partial charge in [-0.1, -0.05) is 107 Å². The van der Waals surface area contributed by atoms with Crippen LogP contribution in [0.3, 0.4) is 0 Å². The first kappa shape index (κ1) is 26.2. The fourth-order valence-corrected chi connectivity index (χ4v) is 5.13. The predicted molar refractivity (Wildman–Crippen MR) is 156 cm³/mol. The summed E-state index contributed by atoms with van der Waals surface area (Å²) in [5.74, 6) is -1.10. The first-order valence-corrected chi connectivity index (χ1v) is 13.3. The monoisotopic (exact) mass is 519 g/mol. The van der Waals surface area contributed by atoms with Crippen LogP contribution in [0.5, 0.6) is 5.75 Å². The highest BCUT2D eigenvalue weighted by Crippen LogP contribution is 2.45. The molecule has 1 atom stereocenters. The standard InChI is InChI=1S/C34H33NO4/c1-5-21-39-28-16-9-8-15-27(28)35-30(23-17-19-24(20-18-23)34(2,3)4)29(32(37)33(35)38)31(36)26-14-10-12-22-11-6-7-13-25(22)26/h6-20,30,36H,5,21H2,1-4H3/b31-29-. The molecule has 1 unspecified atom stereocenters. The van der Waals surface area contributed by atoms with Crippen LogP contribution in [0, 0.1) is 0 Å². The van der Waals surface area contributed by atoms with Crippen molar-refractivity contribution in [3.8, 4) is 5.75 Å². The summed E-state index contributed by atoms with van der Waals surface area (Å²) in [7, 11) is 0. The van der Waals surface area contributed by atoms with Crippen LogP contribution in [0.4, 0.5) is 5.69 Å². The number of benzene rings is 4. The van der Waals surface area contributed by atoms with Gasteiger partial charge in [0.15, 0.2) is 0 Å². The van der Waals surface area contributed by atoms with Gasteiger partial charge in [0.05, 0.1) is 23.9 Å². The van der Waals surface area contributed by atoms with Crippen LogP contribution < -0.4 is 9.64 Å². The number of fused-ring (bicyclic) bond motifs is 1. The second kappa shape index (κ2) is 10.4. The van der Waals surface area contributed by atoms with Gasteiger partial charge in [0.25, 0.3) is 11.7 Å². The Hall–Kier alpha value is -4.38. The molecule has 1 aliphatic rings. The molecule has 1 N–H and O–H groups in total. The summed E-state index contributed by atoms with van der Waals surface area (Å²) in [5.41, 5.74) is 2.86. The van der Waals surface area contributed by atoms with Crippen molar-refractivity contribution in [2.45, 2.75) is 45.6 Å². The zero-order chi connectivity index (χ0) is 27.7. The minimum absolute atomic E-state index is 0.0603. The summed E-state index contributed by atoms with van der Waals surface area (Å²) in [5, 5.41) is 13.5. The Balaban J connectivity index is 1.75. The number of aliphatic hydroxyl groups is 1. The molecule has 4 aromatic rings. The largest absolute Gasteiger partial charge is 0.507 e. The smallest absolute Gasteiger partial charge is 0.300 e. The molecular weight excluding hydrogens is 486 g/mol. The third-order valence-corrected chi connectivity index (χ3v) is 7.17. The first-order valence-electron chi connectivity index (χ1n) is 13.3. The fourth-order valence-electron chi connectivity index (χ4n) is 5.13. The molecule has 0 saturated carbocycles. The average molecular weight is 520 g/mol. The van der Waals surface area contributed by atoms with Crippen LogP contribution in [-0.4, -0.2) is 23.4 Å². The van der Waals surface area contributed by atoms with Crippen molar-refractivity contribution in [3.05, 3.63) is 113 Å². The number of Topliss-reactive ketones (excluding diaryl/α,β-unsaturated/α-hetero) is 1. The van der Waals surface area contributed by atoms with Gasteiger partial charge in [-0.25, -0.2) is 0 Å². The van der Waals surface area contributed by atoms with Crippen molar-refractivity contribution in [3.63, 3.8) is 0 Å². The Bertz CT molecular complexity index is 1570. The normalized spacial score (nSPS) is 17.1. The zero-order valence-electron chi connectivity index (χ0n) is 22.8. The molecule has 0 spiro atoms. The van der Waals surface area contributed by atoms with Gasteiger partial charge in [0, 0.05) is 5.56 Å². The first-order chi connectivity index (χ1) is 18.7. The van der Waals surface area contributed by atoms with E-state index in [1.54, 1.807) is 18.2 Å². The summed E-state index contributed by atoms with van der Waals surface area (Å²) >= 11 is 0. The van der Waals surface area contributed by atoms with Crippen LogP contribution >= 0.6 is 0 Å². The second-order valence-electron chi connectivity index (χ2n) is 10.9. The number of nitrogens with zero attached hydrogens (tertiary/aromatic N) is 1. The van der Waals surface area contributed by atoms with E-state index in [1.807, 2.05) is 79.7 Å². The molecule has 198 valence electrons. The van der Waals surface area contributed by atoms with Crippen molar-refractivity contribution in [1.29, 1.82) is 0 Å². The van der Waals surface area contributed by atoms with Crippen LogP contribution in [0.25, 0.3) is 16.5 Å². The van der Waals surface area contributed by atoms with Crippen LogP contribution in [0.2, 0.25) is 0 Å². The van der Waals surface area contributed by atoms with E-state index in [9.17, 15) is 14.7 Å². The zero-order valence-corrected chi connectivity index (χ0v) is 22.8. The van der Waals surface area contributed by atoms with Crippen LogP contribution in [0.1, 0.15) is 56.8 Å². The number of carbonyl (C=O) groups excluding carboxylic acids is 2. The quantitative estimate of drug-likeness (QED) is 0.162. The van der Waals surface area contributed by atoms with E-state index in [0.29, 0.717) is 23.6 Å². The number of anilines is 1. The molecule has 1 amide bonds. The number of aliphatic hydroxyl groups excluding tert-OH is 1. The number of para-hydroxylation sites is 2. The highest BCUT2D eigenvalue weighted by Gasteiger charge is 2.48. The molecule has 1 heterocycles. The molecule has 5 rings (SSSR count). The van der Waals surface area contributed by atoms with E-state index >= 15 is 0 Å². The Morgan fingerprint density at radius 1 is 0.872 bits per heavy atom. The van der Waals surface area contributed by atoms with Crippen molar-refractivity contribution in [1.82, 2.24) is 0 Å². The lowest BCUT2D eigenvalue weighted by molar-refractivity contribution is -0.132. The van der Waals surface area contributed by atoms with E-state index in [2.05, 4.69) is 20.8 Å². The maximum atomic E-state index is 13.7. The minimum Gasteiger partial charge on any atom is -0.507 e. The van der Waals surface area contributed by atoms with Gasteiger partial charge in [-0.15, -0.1) is 0 Å². The maximum Gasteiger partial charge on any atom is 0.300 e. The van der Waals surface area contributed by atoms with Crippen molar-refractivity contribution >= 4 is 33.9 Å².